The van der Waals surface area contributed by atoms with Crippen LogP contribution in [0.15, 0.2) is 109 Å². The second-order valence-electron chi connectivity index (χ2n) is 17.9. The van der Waals surface area contributed by atoms with Gasteiger partial charge in [0.15, 0.2) is 6.10 Å². The summed E-state index contributed by atoms with van der Waals surface area (Å²) in [7, 11) is 0. The number of allylic oxidation sites excluding steroid dienone is 18. The Hall–Kier alpha value is -3.93. The van der Waals surface area contributed by atoms with Crippen molar-refractivity contribution in [3.8, 4) is 0 Å². The lowest BCUT2D eigenvalue weighted by molar-refractivity contribution is -0.167. The van der Waals surface area contributed by atoms with E-state index in [0.29, 0.717) is 19.3 Å². The van der Waals surface area contributed by atoms with Gasteiger partial charge >= 0.3 is 17.9 Å². The molecule has 0 aliphatic heterocycles. The largest absolute Gasteiger partial charge is 0.462 e. The molecular weight excluding hydrogens is 829 g/mol. The van der Waals surface area contributed by atoms with Crippen LogP contribution in [0.25, 0.3) is 0 Å². The van der Waals surface area contributed by atoms with Crippen molar-refractivity contribution in [2.45, 2.75) is 245 Å². The lowest BCUT2D eigenvalue weighted by atomic mass is 10.0. The molecule has 380 valence electrons. The molecule has 0 aromatic rings. The second kappa shape index (κ2) is 54.7. The number of ether oxygens (including phenoxy) is 3. The van der Waals surface area contributed by atoms with Crippen LogP contribution in [0, 0.1) is 0 Å². The van der Waals surface area contributed by atoms with Gasteiger partial charge in [-0.1, -0.05) is 246 Å². The van der Waals surface area contributed by atoms with Crippen molar-refractivity contribution in [1.82, 2.24) is 0 Å². The molecule has 0 N–H and O–H groups in total. The summed E-state index contributed by atoms with van der Waals surface area (Å²) in [5, 5.41) is 0. The van der Waals surface area contributed by atoms with Gasteiger partial charge in [-0.25, -0.2) is 0 Å². The fourth-order valence-electron chi connectivity index (χ4n) is 7.25. The van der Waals surface area contributed by atoms with Crippen LogP contribution in [0.3, 0.4) is 0 Å². The van der Waals surface area contributed by atoms with Crippen LogP contribution in [0.2, 0.25) is 0 Å². The van der Waals surface area contributed by atoms with Crippen LogP contribution < -0.4 is 0 Å². The average Bonchev–Trinajstić information content (AvgIpc) is 3.33. The maximum absolute atomic E-state index is 12.8. The Morgan fingerprint density at radius 2 is 0.657 bits per heavy atom. The van der Waals surface area contributed by atoms with Crippen LogP contribution in [0.5, 0.6) is 0 Å². The van der Waals surface area contributed by atoms with Crippen LogP contribution in [-0.2, 0) is 28.6 Å². The molecule has 0 rings (SSSR count). The molecule has 0 bridgehead atoms. The maximum Gasteiger partial charge on any atom is 0.306 e. The number of rotatable bonds is 48. The molecule has 0 aromatic heterocycles. The molecule has 0 aliphatic carbocycles. The first-order valence-corrected chi connectivity index (χ1v) is 27.4. The van der Waals surface area contributed by atoms with Crippen LogP contribution in [0.1, 0.15) is 239 Å². The molecule has 0 aliphatic rings. The van der Waals surface area contributed by atoms with Gasteiger partial charge in [-0.3, -0.25) is 14.4 Å². The quantitative estimate of drug-likeness (QED) is 0.0199. The number of hydrogen-bond acceptors (Lipinski definition) is 6. The molecule has 0 saturated heterocycles. The van der Waals surface area contributed by atoms with Crippen LogP contribution in [-0.4, -0.2) is 37.2 Å². The topological polar surface area (TPSA) is 78.9 Å². The van der Waals surface area contributed by atoms with Gasteiger partial charge < -0.3 is 14.2 Å². The summed E-state index contributed by atoms with van der Waals surface area (Å²) in [4.78, 5) is 38.1. The molecule has 0 radical (unpaired) electrons. The number of esters is 3. The van der Waals surface area contributed by atoms with Crippen molar-refractivity contribution in [1.29, 1.82) is 0 Å². The van der Waals surface area contributed by atoms with E-state index in [9.17, 15) is 14.4 Å². The van der Waals surface area contributed by atoms with Gasteiger partial charge in [-0.15, -0.1) is 0 Å². The van der Waals surface area contributed by atoms with E-state index < -0.39 is 6.10 Å². The standard InChI is InChI=1S/C61H100O6/c1-4-7-10-13-16-19-22-25-28-30-32-33-36-39-42-45-48-51-54-60(63)66-57-58(56-65-59(62)53-50-47-44-41-38-35-27-24-21-18-15-12-9-6-3)67-61(64)55-52-49-46-43-40-37-34-31-29-26-23-20-17-14-11-8-5-2/h8,11,16-17,19-20,22,25-26,28-30,32-34,37,43,46,58H,4-7,9-10,12-15,18,21,23-24,27,31,35-36,38-42,44-45,47-57H2,1-3H3/b11-8-,19-16-,20-17-,25-22-,29-26-,30-28-,33-32-,37-34-,46-43-. The summed E-state index contributed by atoms with van der Waals surface area (Å²) in [6, 6.07) is 0. The molecule has 0 spiro atoms. The van der Waals surface area contributed by atoms with Gasteiger partial charge in [-0.2, -0.15) is 0 Å². The third-order valence-electron chi connectivity index (χ3n) is 11.4. The van der Waals surface area contributed by atoms with E-state index in [4.69, 9.17) is 14.2 Å². The van der Waals surface area contributed by atoms with E-state index >= 15 is 0 Å². The summed E-state index contributed by atoms with van der Waals surface area (Å²) in [6.45, 7) is 6.42. The SMILES string of the molecule is CC/C=C\C/C=C\C/C=C\C/C=C\C/C=C\CCCC(=O)OC(COC(=O)CCCCCCC\C=C/C=C\C=C/C=C\CCCCC)COC(=O)CCCCCCCCCCCCCCCC. The minimum absolute atomic E-state index is 0.108. The van der Waals surface area contributed by atoms with E-state index in [1.54, 1.807) is 0 Å². The highest BCUT2D eigenvalue weighted by atomic mass is 16.6. The first-order valence-electron chi connectivity index (χ1n) is 27.4. The molecule has 1 unspecified atom stereocenters. The molecule has 0 amide bonds. The Bertz CT molecular complexity index is 1390. The normalized spacial score (nSPS) is 12.9. The zero-order chi connectivity index (χ0) is 48.6. The molecular formula is C61H100O6. The van der Waals surface area contributed by atoms with Crippen LogP contribution >= 0.6 is 0 Å². The molecule has 1 atom stereocenters. The van der Waals surface area contributed by atoms with Gasteiger partial charge in [0, 0.05) is 19.3 Å². The van der Waals surface area contributed by atoms with Crippen LogP contribution in [0.4, 0.5) is 0 Å². The Balaban J connectivity index is 4.54. The van der Waals surface area contributed by atoms with Crippen molar-refractivity contribution in [3.63, 3.8) is 0 Å². The third kappa shape index (κ3) is 52.9. The summed E-state index contributed by atoms with van der Waals surface area (Å²) in [5.41, 5.74) is 0. The zero-order valence-corrected chi connectivity index (χ0v) is 43.4. The Morgan fingerprint density at radius 3 is 1.10 bits per heavy atom. The minimum atomic E-state index is -0.818. The number of hydrogen-bond donors (Lipinski definition) is 0. The molecule has 6 heteroatoms. The van der Waals surface area contributed by atoms with Gasteiger partial charge in [-0.05, 0) is 83.5 Å². The first kappa shape index (κ1) is 63.1. The lowest BCUT2D eigenvalue weighted by Gasteiger charge is -2.18. The Labute approximate surface area is 412 Å². The fraction of sp³-hybridized carbons (Fsp3) is 0.656. The van der Waals surface area contributed by atoms with Crippen molar-refractivity contribution >= 4 is 17.9 Å². The monoisotopic (exact) mass is 929 g/mol. The molecule has 0 aromatic carbocycles. The predicted molar refractivity (Wildman–Crippen MR) is 288 cm³/mol. The number of unbranched alkanes of at least 4 members (excludes halogenated alkanes) is 22. The number of carbonyl (C=O) groups is 3. The molecule has 0 fully saturated rings. The Kier molecular flexibility index (Phi) is 51.5. The van der Waals surface area contributed by atoms with Gasteiger partial charge in [0.1, 0.15) is 13.2 Å². The Morgan fingerprint density at radius 1 is 0.328 bits per heavy atom. The second-order valence-corrected chi connectivity index (χ2v) is 17.9. The summed E-state index contributed by atoms with van der Waals surface area (Å²) < 4.78 is 16.8. The lowest BCUT2D eigenvalue weighted by Crippen LogP contribution is -2.30. The van der Waals surface area contributed by atoms with Crippen molar-refractivity contribution < 1.29 is 28.6 Å². The van der Waals surface area contributed by atoms with E-state index in [-0.39, 0.29) is 37.5 Å². The van der Waals surface area contributed by atoms with Crippen molar-refractivity contribution in [2.75, 3.05) is 13.2 Å². The molecule has 67 heavy (non-hydrogen) atoms. The smallest absolute Gasteiger partial charge is 0.306 e. The van der Waals surface area contributed by atoms with Crippen molar-refractivity contribution in [3.05, 3.63) is 109 Å². The van der Waals surface area contributed by atoms with E-state index in [2.05, 4.69) is 130 Å². The maximum atomic E-state index is 12.8. The van der Waals surface area contributed by atoms with E-state index in [1.165, 1.54) is 89.9 Å². The summed E-state index contributed by atoms with van der Waals surface area (Å²) >= 11 is 0. The molecule has 0 heterocycles. The average molecular weight is 929 g/mol. The highest BCUT2D eigenvalue weighted by Crippen LogP contribution is 2.15. The highest BCUT2D eigenvalue weighted by molar-refractivity contribution is 5.71. The summed E-state index contributed by atoms with van der Waals surface area (Å²) in [6.07, 6.45) is 73.6. The zero-order valence-electron chi connectivity index (χ0n) is 43.4. The van der Waals surface area contributed by atoms with E-state index in [1.807, 2.05) is 0 Å². The summed E-state index contributed by atoms with van der Waals surface area (Å²) in [5.74, 6) is -0.991. The predicted octanol–water partition coefficient (Wildman–Crippen LogP) is 18.3. The fourth-order valence-corrected chi connectivity index (χ4v) is 7.25. The van der Waals surface area contributed by atoms with Gasteiger partial charge in [0.25, 0.3) is 0 Å². The first-order chi connectivity index (χ1) is 33.0. The van der Waals surface area contributed by atoms with Crippen molar-refractivity contribution in [2.24, 2.45) is 0 Å². The van der Waals surface area contributed by atoms with Gasteiger partial charge in [0.2, 0.25) is 0 Å². The molecule has 6 nitrogen and oxygen atoms in total. The highest BCUT2D eigenvalue weighted by Gasteiger charge is 2.19. The van der Waals surface area contributed by atoms with E-state index in [0.717, 1.165) is 103 Å². The third-order valence-corrected chi connectivity index (χ3v) is 11.4. The minimum Gasteiger partial charge on any atom is -0.462 e. The molecule has 0 saturated carbocycles. The number of carbonyl (C=O) groups excluding carboxylic acids is 3. The van der Waals surface area contributed by atoms with Gasteiger partial charge in [0.05, 0.1) is 0 Å².